The van der Waals surface area contributed by atoms with Gasteiger partial charge in [-0.2, -0.15) is 26.3 Å². The van der Waals surface area contributed by atoms with Crippen molar-refractivity contribution >= 4 is 101 Å². The van der Waals surface area contributed by atoms with Crippen LogP contribution in [0.2, 0.25) is 20.1 Å². The van der Waals surface area contributed by atoms with E-state index >= 15 is 0 Å². The van der Waals surface area contributed by atoms with Crippen molar-refractivity contribution in [2.24, 2.45) is 0 Å². The first-order chi connectivity index (χ1) is 32.4. The van der Waals surface area contributed by atoms with Gasteiger partial charge in [0.1, 0.15) is 11.6 Å². The maximum absolute atomic E-state index is 13.3. The number of amides is 1. The number of carbonyl (C=O) groups excluding carboxylic acids is 1. The summed E-state index contributed by atoms with van der Waals surface area (Å²) in [5.74, 6) is -0.687. The van der Waals surface area contributed by atoms with Crippen LogP contribution in [0.3, 0.4) is 0 Å². The van der Waals surface area contributed by atoms with Crippen LogP contribution >= 0.6 is 46.4 Å². The van der Waals surface area contributed by atoms with Crippen LogP contribution in [0.5, 0.6) is 0 Å². The molecule has 0 spiro atoms. The first-order valence-corrected chi connectivity index (χ1v) is 24.1. The third-order valence-corrected chi connectivity index (χ3v) is 13.5. The van der Waals surface area contributed by atoms with Crippen molar-refractivity contribution in [3.05, 3.63) is 151 Å². The second-order valence-corrected chi connectivity index (χ2v) is 19.5. The second-order valence-electron chi connectivity index (χ2n) is 14.5. The van der Waals surface area contributed by atoms with Crippen molar-refractivity contribution < 1.29 is 57.9 Å². The molecule has 2 aliphatic rings. The molecule has 2 aromatic carbocycles. The number of carbonyl (C=O) groups is 2. The number of carboxylic acids is 1. The number of rotatable bonds is 8. The van der Waals surface area contributed by atoms with E-state index in [9.17, 15) is 52.8 Å². The predicted octanol–water partition coefficient (Wildman–Crippen LogP) is 10.5. The molecule has 27 heteroatoms. The van der Waals surface area contributed by atoms with Gasteiger partial charge in [-0.05, 0) is 97.5 Å². The molecule has 15 nitrogen and oxygen atoms in total. The number of anilines is 4. The molecule has 0 atom stereocenters. The number of halogens is 10. The molecule has 0 saturated carbocycles. The van der Waals surface area contributed by atoms with Crippen LogP contribution < -0.4 is 19.7 Å². The van der Waals surface area contributed by atoms with Gasteiger partial charge in [0.15, 0.2) is 11.4 Å². The van der Waals surface area contributed by atoms with Crippen molar-refractivity contribution in [2.45, 2.75) is 47.8 Å². The van der Waals surface area contributed by atoms with E-state index < -0.39 is 86.6 Å². The molecule has 6 heterocycles. The summed E-state index contributed by atoms with van der Waals surface area (Å²) in [7, 11) is -9.13. The van der Waals surface area contributed by atoms with Crippen molar-refractivity contribution in [1.82, 2.24) is 19.9 Å². The Morgan fingerprint density at radius 1 is 0.652 bits per heavy atom. The average Bonchev–Trinajstić information content (AvgIpc) is 3.28. The van der Waals surface area contributed by atoms with Gasteiger partial charge in [0.25, 0.3) is 26.0 Å². The lowest BCUT2D eigenvalue weighted by Crippen LogP contribution is -2.37. The Morgan fingerprint density at radius 3 is 1.67 bits per heavy atom. The molecule has 0 aliphatic carbocycles. The quantitative estimate of drug-likeness (QED) is 0.105. The first kappa shape index (κ1) is 52.4. The number of nitrogens with one attached hydrogen (secondary N) is 3. The van der Waals surface area contributed by atoms with Crippen LogP contribution in [-0.4, -0.2) is 66.8 Å². The monoisotopic (exact) mass is 1080 g/mol. The average molecular weight is 1080 g/mol. The lowest BCUT2D eigenvalue weighted by molar-refractivity contribution is -0.138. The Bertz CT molecular complexity index is 3130. The van der Waals surface area contributed by atoms with Gasteiger partial charge in [0.05, 0.1) is 52.4 Å². The van der Waals surface area contributed by atoms with Crippen molar-refractivity contribution in [3.63, 3.8) is 0 Å². The molecule has 6 aromatic rings. The number of benzene rings is 2. The van der Waals surface area contributed by atoms with Crippen LogP contribution in [0.15, 0.2) is 107 Å². The van der Waals surface area contributed by atoms with E-state index in [0.29, 0.717) is 30.9 Å². The van der Waals surface area contributed by atoms with Crippen LogP contribution in [0, 0.1) is 0 Å². The number of carboxylic acid groups (broad SMARTS) is 1. The number of sulfonamides is 2. The topological polar surface area (TPSA) is 214 Å². The highest BCUT2D eigenvalue weighted by Gasteiger charge is 2.36. The number of alkyl halides is 6. The summed E-state index contributed by atoms with van der Waals surface area (Å²) in [6.07, 6.45) is -0.438. The number of aryl methyl sites for hydroxylation is 2. The molecule has 1 amide bonds. The zero-order chi connectivity index (χ0) is 50.5. The van der Waals surface area contributed by atoms with E-state index in [0.717, 1.165) is 66.9 Å². The lowest BCUT2D eigenvalue weighted by Gasteiger charge is -2.28. The van der Waals surface area contributed by atoms with Crippen LogP contribution in [-0.2, 0) is 45.2 Å². The second kappa shape index (κ2) is 21.3. The van der Waals surface area contributed by atoms with Gasteiger partial charge in [-0.15, -0.1) is 0 Å². The van der Waals surface area contributed by atoms with E-state index in [1.165, 1.54) is 35.7 Å². The summed E-state index contributed by atoms with van der Waals surface area (Å²) in [4.78, 5) is 40.2. The molecule has 8 rings (SSSR count). The van der Waals surface area contributed by atoms with Crippen LogP contribution in [0.25, 0.3) is 0 Å². The molecule has 0 bridgehead atoms. The Hall–Kier alpha value is -5.98. The van der Waals surface area contributed by atoms with E-state index in [2.05, 4.69) is 36.0 Å². The summed E-state index contributed by atoms with van der Waals surface area (Å²) in [6, 6.07) is 13.9. The van der Waals surface area contributed by atoms with Gasteiger partial charge in [-0.1, -0.05) is 58.5 Å². The zero-order valence-corrected chi connectivity index (χ0v) is 39.4. The number of nitrogens with zero attached hydrogens (tertiary/aromatic N) is 5. The molecule has 2 aliphatic heterocycles. The van der Waals surface area contributed by atoms with Gasteiger partial charge in [0, 0.05) is 37.9 Å². The Kier molecular flexibility index (Phi) is 16.2. The fourth-order valence-electron chi connectivity index (χ4n) is 6.57. The minimum atomic E-state index is -4.87. The standard InChI is InChI=1S/C21H15Cl2F3N4O3S.C13H7Cl2F3N2O4S.C8H10N2/c22-13-9-17(29-34(32,33)14-5-6-16(23)15(10-14)21(24,25)26)18(28-11-13)20(31)30-8-2-4-12-3-1-7-27-19(12)30;14-6-3-10(11(12(21)22)19-5-6)20-25(23,24)7-1-2-9(15)8(4-7)13(16,17)18;1-3-7-4-2-6-10-8(7)9-5-1/h1,3,5-7,9-11,29H,2,4,8H2;1-5,20H,(H,21,22);1,3,5H,2,4,6H2,(H,9,10). The maximum Gasteiger partial charge on any atom is 0.417 e. The SMILES string of the molecule is O=C(O)c1ncc(Cl)cc1NS(=O)(=O)c1ccc(Cl)c(C(F)(F)F)c1.O=C(c1ncc(Cl)cc1NS(=O)(=O)c1ccc(Cl)c(C(F)(F)F)c1)N1CCCc2cccnc21.c1cnc2c(c1)CCCN2. The smallest absolute Gasteiger partial charge is 0.417 e. The summed E-state index contributed by atoms with van der Waals surface area (Å²) >= 11 is 22.6. The number of pyridine rings is 4. The fraction of sp³-hybridized carbons (Fsp3) is 0.190. The third kappa shape index (κ3) is 13.0. The highest BCUT2D eigenvalue weighted by atomic mass is 35.5. The first-order valence-electron chi connectivity index (χ1n) is 19.6. The molecule has 4 N–H and O–H groups in total. The number of hydrogen-bond donors (Lipinski definition) is 4. The number of hydrogen-bond acceptors (Lipinski definition) is 11. The van der Waals surface area contributed by atoms with Gasteiger partial charge in [-0.25, -0.2) is 41.6 Å². The van der Waals surface area contributed by atoms with Gasteiger partial charge < -0.3 is 10.4 Å². The lowest BCUT2D eigenvalue weighted by atomic mass is 10.1. The minimum absolute atomic E-state index is 0.0125. The highest BCUT2D eigenvalue weighted by Crippen LogP contribution is 2.38. The van der Waals surface area contributed by atoms with E-state index in [1.807, 2.05) is 23.1 Å². The van der Waals surface area contributed by atoms with Crippen LogP contribution in [0.1, 0.15) is 56.1 Å². The maximum atomic E-state index is 13.3. The molecule has 0 fully saturated rings. The Morgan fingerprint density at radius 2 is 1.14 bits per heavy atom. The molecule has 69 heavy (non-hydrogen) atoms. The summed E-state index contributed by atoms with van der Waals surface area (Å²) in [5.41, 5.74) is -2.19. The number of aromatic nitrogens is 4. The molecule has 0 unspecified atom stereocenters. The largest absolute Gasteiger partial charge is 0.476 e. The third-order valence-electron chi connectivity index (χ3n) is 9.71. The van der Waals surface area contributed by atoms with Crippen molar-refractivity contribution in [1.29, 1.82) is 0 Å². The molecule has 0 saturated heterocycles. The normalized spacial score (nSPS) is 13.5. The Balaban J connectivity index is 0.000000194. The number of aromatic carboxylic acids is 1. The minimum Gasteiger partial charge on any atom is -0.476 e. The summed E-state index contributed by atoms with van der Waals surface area (Å²) < 4.78 is 133. The van der Waals surface area contributed by atoms with Crippen molar-refractivity contribution in [3.8, 4) is 0 Å². The summed E-state index contributed by atoms with van der Waals surface area (Å²) in [5, 5.41) is 10.9. The molecular weight excluding hydrogens is 1050 g/mol. The summed E-state index contributed by atoms with van der Waals surface area (Å²) in [6.45, 7) is 1.40. The predicted molar refractivity (Wildman–Crippen MR) is 245 cm³/mol. The molecule has 364 valence electrons. The van der Waals surface area contributed by atoms with E-state index in [4.69, 9.17) is 51.5 Å². The molecular formula is C42H32Cl4F6N8O7S2. The van der Waals surface area contributed by atoms with Gasteiger partial charge >= 0.3 is 18.3 Å². The molecule has 0 radical (unpaired) electrons. The fourth-order valence-corrected chi connectivity index (χ4v) is 9.50. The zero-order valence-electron chi connectivity index (χ0n) is 34.7. The van der Waals surface area contributed by atoms with Crippen molar-refractivity contribution in [2.75, 3.05) is 32.8 Å². The molecule has 4 aromatic heterocycles. The van der Waals surface area contributed by atoms with E-state index in [-0.39, 0.29) is 21.4 Å². The highest BCUT2D eigenvalue weighted by molar-refractivity contribution is 7.93. The van der Waals surface area contributed by atoms with Crippen LogP contribution in [0.4, 0.5) is 49.4 Å². The van der Waals surface area contributed by atoms with E-state index in [1.54, 1.807) is 6.07 Å². The Labute approximate surface area is 408 Å². The van der Waals surface area contributed by atoms with Gasteiger partial charge in [-0.3, -0.25) is 19.1 Å². The van der Waals surface area contributed by atoms with Gasteiger partial charge in [0.2, 0.25) is 0 Å². The number of fused-ring (bicyclic) bond motifs is 2.